The molecule has 1 saturated heterocycles. The summed E-state index contributed by atoms with van der Waals surface area (Å²) in [5.74, 6) is 1.01. The van der Waals surface area contributed by atoms with E-state index in [2.05, 4.69) is 21.3 Å². The zero-order valence-corrected chi connectivity index (χ0v) is 25.8. The van der Waals surface area contributed by atoms with Crippen LogP contribution >= 0.6 is 0 Å². The highest BCUT2D eigenvalue weighted by molar-refractivity contribution is 7.86. The van der Waals surface area contributed by atoms with Crippen molar-refractivity contribution in [2.45, 2.75) is 43.5 Å². The van der Waals surface area contributed by atoms with Gasteiger partial charge in [-0.15, -0.1) is 0 Å². The van der Waals surface area contributed by atoms with Gasteiger partial charge in [0.2, 0.25) is 0 Å². The number of aryl methyl sites for hydroxylation is 1. The highest BCUT2D eigenvalue weighted by atomic mass is 32.2. The van der Waals surface area contributed by atoms with Crippen molar-refractivity contribution >= 4 is 32.5 Å². The van der Waals surface area contributed by atoms with Gasteiger partial charge in [-0.3, -0.25) is 4.18 Å². The number of rotatable bonds is 12. The van der Waals surface area contributed by atoms with E-state index in [1.807, 2.05) is 51.4 Å². The van der Waals surface area contributed by atoms with Gasteiger partial charge < -0.3 is 24.4 Å². The monoisotopic (exact) mass is 606 g/mol. The van der Waals surface area contributed by atoms with Crippen molar-refractivity contribution in [3.8, 4) is 17.0 Å². The van der Waals surface area contributed by atoms with Gasteiger partial charge in [-0.1, -0.05) is 23.8 Å². The first kappa shape index (κ1) is 30.7. The molecular weight excluding hydrogens is 568 g/mol. The molecule has 11 heteroatoms. The number of anilines is 2. The van der Waals surface area contributed by atoms with Crippen LogP contribution in [-0.4, -0.2) is 71.7 Å². The Morgan fingerprint density at radius 3 is 2.58 bits per heavy atom. The highest BCUT2D eigenvalue weighted by Crippen LogP contribution is 2.30. The van der Waals surface area contributed by atoms with Crippen LogP contribution in [0.15, 0.2) is 71.8 Å². The summed E-state index contributed by atoms with van der Waals surface area (Å²) >= 11 is 0. The van der Waals surface area contributed by atoms with E-state index in [9.17, 15) is 8.42 Å². The number of pyridine rings is 2. The molecule has 0 saturated carbocycles. The molecule has 0 amide bonds. The Morgan fingerprint density at radius 2 is 1.86 bits per heavy atom. The fourth-order valence-electron chi connectivity index (χ4n) is 4.72. The van der Waals surface area contributed by atoms with Crippen LogP contribution in [0.5, 0.6) is 5.75 Å². The maximum absolute atomic E-state index is 12.9. The van der Waals surface area contributed by atoms with Gasteiger partial charge in [-0.25, -0.2) is 9.97 Å². The van der Waals surface area contributed by atoms with Gasteiger partial charge in [0.15, 0.2) is 17.9 Å². The molecule has 10 nitrogen and oxygen atoms in total. The van der Waals surface area contributed by atoms with Gasteiger partial charge in [0.1, 0.15) is 12.7 Å². The topological polar surface area (TPSA) is 112 Å². The second-order valence-electron chi connectivity index (χ2n) is 10.7. The minimum atomic E-state index is -3.99. The largest absolute Gasteiger partial charge is 0.487 e. The van der Waals surface area contributed by atoms with E-state index in [4.69, 9.17) is 23.4 Å². The number of hydrogen-bond donors (Lipinski definition) is 1. The molecule has 1 aliphatic heterocycles. The van der Waals surface area contributed by atoms with Crippen molar-refractivity contribution in [3.05, 3.63) is 72.4 Å². The van der Waals surface area contributed by atoms with Crippen LogP contribution in [0, 0.1) is 6.92 Å². The van der Waals surface area contributed by atoms with Crippen molar-refractivity contribution in [2.75, 3.05) is 51.2 Å². The van der Waals surface area contributed by atoms with Crippen molar-refractivity contribution in [1.29, 1.82) is 0 Å². The van der Waals surface area contributed by atoms with Crippen molar-refractivity contribution < 1.29 is 26.8 Å². The van der Waals surface area contributed by atoms with E-state index in [1.165, 1.54) is 12.1 Å². The van der Waals surface area contributed by atoms with Gasteiger partial charge in [0.25, 0.3) is 10.1 Å². The van der Waals surface area contributed by atoms with E-state index in [-0.39, 0.29) is 18.1 Å². The molecule has 2 aromatic heterocycles. The quantitative estimate of drug-likeness (QED) is 0.210. The van der Waals surface area contributed by atoms with Crippen molar-refractivity contribution in [1.82, 2.24) is 9.97 Å². The van der Waals surface area contributed by atoms with Crippen molar-refractivity contribution in [2.24, 2.45) is 0 Å². The van der Waals surface area contributed by atoms with Crippen LogP contribution in [0.25, 0.3) is 22.2 Å². The molecule has 5 rings (SSSR count). The predicted octanol–water partition coefficient (Wildman–Crippen LogP) is 5.41. The van der Waals surface area contributed by atoms with E-state index in [0.29, 0.717) is 24.6 Å². The summed E-state index contributed by atoms with van der Waals surface area (Å²) in [7, 11) is 1.78. The van der Waals surface area contributed by atoms with Crippen molar-refractivity contribution in [3.63, 3.8) is 0 Å². The average molecular weight is 607 g/mol. The van der Waals surface area contributed by atoms with Crippen LogP contribution in [0.4, 0.5) is 11.5 Å². The zero-order valence-electron chi connectivity index (χ0n) is 24.9. The lowest BCUT2D eigenvalue weighted by Gasteiger charge is -2.27. The summed E-state index contributed by atoms with van der Waals surface area (Å²) in [6.45, 7) is 2.26. The summed E-state index contributed by atoms with van der Waals surface area (Å²) < 4.78 is 49.3. The molecule has 2 unspecified atom stereocenters. The lowest BCUT2D eigenvalue weighted by Crippen LogP contribution is -2.35. The molecule has 0 spiro atoms. The summed E-state index contributed by atoms with van der Waals surface area (Å²) in [5.41, 5.74) is 4.46. The molecule has 1 aliphatic rings. The third-order valence-corrected chi connectivity index (χ3v) is 8.50. The SMILES string of the molecule is CNc1ncc(-c2ccc3cc(N(C)C)ccc3n2)cc1OCC(COS(=O)(=O)c1ccc(C)cc1)OC1CCCCO1. The van der Waals surface area contributed by atoms with Gasteiger partial charge in [-0.2, -0.15) is 8.42 Å². The third-order valence-electron chi connectivity index (χ3n) is 7.20. The third kappa shape index (κ3) is 7.80. The van der Waals surface area contributed by atoms with E-state index >= 15 is 0 Å². The van der Waals surface area contributed by atoms with E-state index in [1.54, 1.807) is 25.4 Å². The maximum Gasteiger partial charge on any atom is 0.297 e. The molecular formula is C32H38N4O6S. The molecule has 1 N–H and O–H groups in total. The fourth-order valence-corrected chi connectivity index (χ4v) is 5.65. The van der Waals surface area contributed by atoms with E-state index < -0.39 is 22.5 Å². The second kappa shape index (κ2) is 13.7. The van der Waals surface area contributed by atoms with E-state index in [0.717, 1.165) is 46.3 Å². The Morgan fingerprint density at radius 1 is 1.05 bits per heavy atom. The first-order valence-electron chi connectivity index (χ1n) is 14.3. The number of nitrogens with zero attached hydrogens (tertiary/aromatic N) is 3. The second-order valence-corrected chi connectivity index (χ2v) is 12.3. The first-order chi connectivity index (χ1) is 20.7. The van der Waals surface area contributed by atoms with Crippen LogP contribution in [0.3, 0.4) is 0 Å². The lowest BCUT2D eigenvalue weighted by atomic mass is 10.1. The first-order valence-corrected chi connectivity index (χ1v) is 15.7. The molecule has 0 bridgehead atoms. The average Bonchev–Trinajstić information content (AvgIpc) is 3.02. The van der Waals surface area contributed by atoms with Gasteiger partial charge >= 0.3 is 0 Å². The number of nitrogens with one attached hydrogen (secondary N) is 1. The molecule has 1 fully saturated rings. The number of aromatic nitrogens is 2. The van der Waals surface area contributed by atoms with Gasteiger partial charge in [0.05, 0.1) is 22.7 Å². The zero-order chi connectivity index (χ0) is 30.4. The molecule has 0 radical (unpaired) electrons. The molecule has 2 atom stereocenters. The van der Waals surface area contributed by atoms with Crippen LogP contribution < -0.4 is 15.0 Å². The Bertz CT molecular complexity index is 1640. The molecule has 3 heterocycles. The fraction of sp³-hybridized carbons (Fsp3) is 0.375. The Balaban J connectivity index is 1.34. The maximum atomic E-state index is 12.9. The number of benzene rings is 2. The van der Waals surface area contributed by atoms with Crippen LogP contribution in [-0.2, 0) is 23.8 Å². The standard InChI is InChI=1S/C32H38N4O6S/c1-22-8-12-27(13-9-22)43(37,38)41-21-26(42-31-7-5-6-16-39-31)20-40-30-18-24(19-34-32(30)33-2)29-14-10-23-17-25(36(3)4)11-15-28(23)35-29/h8-15,17-19,26,31H,5-7,16,20-21H2,1-4H3,(H,33,34). The Labute approximate surface area is 253 Å². The van der Waals surface area contributed by atoms with Crippen LogP contribution in [0.2, 0.25) is 0 Å². The minimum absolute atomic E-state index is 0.0154. The number of fused-ring (bicyclic) bond motifs is 1. The number of ether oxygens (including phenoxy) is 3. The Hall–Kier alpha value is -3.77. The Kier molecular flexibility index (Phi) is 9.76. The summed E-state index contributed by atoms with van der Waals surface area (Å²) in [4.78, 5) is 11.5. The molecule has 228 valence electrons. The smallest absolute Gasteiger partial charge is 0.297 e. The molecule has 4 aromatic rings. The van der Waals surface area contributed by atoms with Gasteiger partial charge in [-0.05, 0) is 68.7 Å². The number of hydrogen-bond acceptors (Lipinski definition) is 10. The summed E-state index contributed by atoms with van der Waals surface area (Å²) in [6.07, 6.45) is 3.19. The normalized spacial score (nSPS) is 16.1. The molecule has 0 aliphatic carbocycles. The van der Waals surface area contributed by atoms with Crippen LogP contribution in [0.1, 0.15) is 24.8 Å². The lowest BCUT2D eigenvalue weighted by molar-refractivity contribution is -0.198. The predicted molar refractivity (Wildman–Crippen MR) is 167 cm³/mol. The highest BCUT2D eigenvalue weighted by Gasteiger charge is 2.25. The summed E-state index contributed by atoms with van der Waals surface area (Å²) in [6, 6.07) is 18.5. The minimum Gasteiger partial charge on any atom is -0.487 e. The van der Waals surface area contributed by atoms with Gasteiger partial charge in [0, 0.05) is 50.6 Å². The summed E-state index contributed by atoms with van der Waals surface area (Å²) in [5, 5.41) is 4.09. The molecule has 2 aromatic carbocycles. The molecule has 43 heavy (non-hydrogen) atoms.